The molecule has 0 saturated heterocycles. The van der Waals surface area contributed by atoms with Crippen molar-refractivity contribution in [2.45, 2.75) is 57.9 Å². The van der Waals surface area contributed by atoms with Crippen LogP contribution in [0.3, 0.4) is 0 Å². The lowest BCUT2D eigenvalue weighted by Crippen LogP contribution is -2.33. The second-order valence-electron chi connectivity index (χ2n) is 6.30. The Labute approximate surface area is 134 Å². The first-order chi connectivity index (χ1) is 9.24. The summed E-state index contributed by atoms with van der Waals surface area (Å²) in [6.45, 7) is 3.68. The van der Waals surface area contributed by atoms with Gasteiger partial charge in [-0.1, -0.05) is 26.2 Å². The summed E-state index contributed by atoms with van der Waals surface area (Å²) in [5.41, 5.74) is 1.61. The van der Waals surface area contributed by atoms with Gasteiger partial charge in [0.05, 0.1) is 2.88 Å². The molecule has 3 heteroatoms. The molecule has 0 amide bonds. The van der Waals surface area contributed by atoms with Gasteiger partial charge in [-0.2, -0.15) is 0 Å². The Bertz CT molecular complexity index is 428. The second kappa shape index (κ2) is 6.44. The van der Waals surface area contributed by atoms with E-state index in [9.17, 15) is 0 Å². The summed E-state index contributed by atoms with van der Waals surface area (Å²) in [5.74, 6) is 1.84. The fraction of sp³-hybridized carbons (Fsp3) is 0.750. The van der Waals surface area contributed by atoms with Crippen LogP contribution in [-0.4, -0.2) is 6.54 Å². The van der Waals surface area contributed by atoms with Crippen LogP contribution >= 0.6 is 33.9 Å². The highest BCUT2D eigenvalue weighted by Crippen LogP contribution is 2.37. The summed E-state index contributed by atoms with van der Waals surface area (Å²) in [4.78, 5) is 1.64. The van der Waals surface area contributed by atoms with Crippen LogP contribution in [0.15, 0.2) is 6.07 Å². The molecular formula is C16H24INS. The van der Waals surface area contributed by atoms with Crippen molar-refractivity contribution in [2.24, 2.45) is 11.8 Å². The van der Waals surface area contributed by atoms with Gasteiger partial charge in [0.15, 0.2) is 0 Å². The van der Waals surface area contributed by atoms with Crippen LogP contribution in [0.1, 0.15) is 61.9 Å². The lowest BCUT2D eigenvalue weighted by atomic mass is 9.80. The number of rotatable bonds is 3. The van der Waals surface area contributed by atoms with Crippen molar-refractivity contribution in [1.29, 1.82) is 0 Å². The monoisotopic (exact) mass is 389 g/mol. The largest absolute Gasteiger partial charge is 0.310 e. The van der Waals surface area contributed by atoms with Crippen LogP contribution in [0.4, 0.5) is 0 Å². The highest BCUT2D eigenvalue weighted by molar-refractivity contribution is 14.1. The third-order valence-electron chi connectivity index (χ3n) is 5.00. The summed E-state index contributed by atoms with van der Waals surface area (Å²) < 4.78 is 1.46. The number of aryl methyl sites for hydroxylation is 1. The second-order valence-corrected chi connectivity index (χ2v) is 9.33. The van der Waals surface area contributed by atoms with E-state index in [1.807, 2.05) is 11.3 Å². The summed E-state index contributed by atoms with van der Waals surface area (Å²) in [7, 11) is 0. The van der Waals surface area contributed by atoms with Gasteiger partial charge >= 0.3 is 0 Å². The molecule has 1 saturated carbocycles. The Balaban J connectivity index is 1.61. The zero-order valence-corrected chi connectivity index (χ0v) is 14.7. The summed E-state index contributed by atoms with van der Waals surface area (Å²) in [5, 5.41) is 3.89. The van der Waals surface area contributed by atoms with E-state index in [4.69, 9.17) is 0 Å². The van der Waals surface area contributed by atoms with E-state index in [-0.39, 0.29) is 0 Å². The molecule has 2 aliphatic rings. The quantitative estimate of drug-likeness (QED) is 0.706. The highest BCUT2D eigenvalue weighted by atomic mass is 127. The topological polar surface area (TPSA) is 12.0 Å². The van der Waals surface area contributed by atoms with Crippen molar-refractivity contribution in [3.8, 4) is 0 Å². The van der Waals surface area contributed by atoms with Crippen molar-refractivity contribution in [1.82, 2.24) is 5.32 Å². The van der Waals surface area contributed by atoms with E-state index in [1.165, 1.54) is 54.4 Å². The molecule has 0 radical (unpaired) electrons. The molecule has 1 N–H and O–H groups in total. The molecular weight excluding hydrogens is 365 g/mol. The normalized spacial score (nSPS) is 31.2. The van der Waals surface area contributed by atoms with Gasteiger partial charge in [0.1, 0.15) is 0 Å². The standard InChI is InChI=1S/C16H24INS/c1-11-5-2-3-6-12(11)10-18-14-7-4-8-15-13(14)9-16(17)19-15/h9,11-12,14,18H,2-8,10H2,1H3. The number of nitrogens with one attached hydrogen (secondary N) is 1. The van der Waals surface area contributed by atoms with Gasteiger partial charge in [-0.25, -0.2) is 0 Å². The number of fused-ring (bicyclic) bond motifs is 1. The Kier molecular flexibility index (Phi) is 4.86. The predicted octanol–water partition coefficient (Wildman–Crippen LogP) is 5.15. The van der Waals surface area contributed by atoms with Crippen LogP contribution < -0.4 is 5.32 Å². The van der Waals surface area contributed by atoms with Crippen molar-refractivity contribution >= 4 is 33.9 Å². The van der Waals surface area contributed by atoms with Gasteiger partial charge in [-0.3, -0.25) is 0 Å². The molecule has 1 fully saturated rings. The minimum absolute atomic E-state index is 0.637. The third-order valence-corrected chi connectivity index (χ3v) is 6.97. The van der Waals surface area contributed by atoms with Crippen molar-refractivity contribution in [2.75, 3.05) is 6.54 Å². The highest BCUT2D eigenvalue weighted by Gasteiger charge is 2.25. The van der Waals surface area contributed by atoms with E-state index in [0.717, 1.165) is 11.8 Å². The molecule has 106 valence electrons. The molecule has 1 nitrogen and oxygen atoms in total. The maximum absolute atomic E-state index is 3.89. The molecule has 1 heterocycles. The zero-order chi connectivity index (χ0) is 13.2. The molecule has 1 aromatic rings. The van der Waals surface area contributed by atoms with Gasteiger partial charge in [0.2, 0.25) is 0 Å². The molecule has 0 aliphatic heterocycles. The lowest BCUT2D eigenvalue weighted by molar-refractivity contribution is 0.238. The van der Waals surface area contributed by atoms with E-state index >= 15 is 0 Å². The molecule has 19 heavy (non-hydrogen) atoms. The van der Waals surface area contributed by atoms with Gasteiger partial charge in [-0.15, -0.1) is 11.3 Å². The van der Waals surface area contributed by atoms with Gasteiger partial charge in [0.25, 0.3) is 0 Å². The minimum Gasteiger partial charge on any atom is -0.310 e. The first kappa shape index (κ1) is 14.3. The van der Waals surface area contributed by atoms with Crippen LogP contribution in [0.5, 0.6) is 0 Å². The van der Waals surface area contributed by atoms with Gasteiger partial charge in [0, 0.05) is 10.9 Å². The Morgan fingerprint density at radius 2 is 2.11 bits per heavy atom. The molecule has 1 aromatic heterocycles. The maximum atomic E-state index is 3.89. The summed E-state index contributed by atoms with van der Waals surface area (Å²) in [6.07, 6.45) is 9.79. The summed E-state index contributed by atoms with van der Waals surface area (Å²) >= 11 is 4.48. The fourth-order valence-corrected chi connectivity index (χ4v) is 5.84. The zero-order valence-electron chi connectivity index (χ0n) is 11.8. The fourth-order valence-electron chi connectivity index (χ4n) is 3.72. The Hall–Kier alpha value is 0.390. The number of hydrogen-bond acceptors (Lipinski definition) is 2. The SMILES string of the molecule is CC1CCCCC1CNC1CCCc2sc(I)cc21. The van der Waals surface area contributed by atoms with Crippen LogP contribution in [0.25, 0.3) is 0 Å². The molecule has 3 unspecified atom stereocenters. The molecule has 0 bridgehead atoms. The molecule has 3 atom stereocenters. The smallest absolute Gasteiger partial charge is 0.0659 e. The van der Waals surface area contributed by atoms with E-state index in [0.29, 0.717) is 6.04 Å². The maximum Gasteiger partial charge on any atom is 0.0659 e. The molecule has 0 aromatic carbocycles. The average molecular weight is 389 g/mol. The number of thiophene rings is 1. The first-order valence-electron chi connectivity index (χ1n) is 7.75. The van der Waals surface area contributed by atoms with Crippen molar-refractivity contribution in [3.05, 3.63) is 19.4 Å². The minimum atomic E-state index is 0.637. The molecule has 2 aliphatic carbocycles. The first-order valence-corrected chi connectivity index (χ1v) is 9.65. The van der Waals surface area contributed by atoms with Crippen LogP contribution in [0, 0.1) is 14.7 Å². The summed E-state index contributed by atoms with van der Waals surface area (Å²) in [6, 6.07) is 3.06. The number of hydrogen-bond donors (Lipinski definition) is 1. The van der Waals surface area contributed by atoms with Crippen molar-refractivity contribution < 1.29 is 0 Å². The van der Waals surface area contributed by atoms with E-state index in [1.54, 1.807) is 10.4 Å². The van der Waals surface area contributed by atoms with Gasteiger partial charge < -0.3 is 5.32 Å². The molecule has 3 rings (SSSR count). The Morgan fingerprint density at radius 1 is 1.26 bits per heavy atom. The van der Waals surface area contributed by atoms with E-state index in [2.05, 4.69) is 40.9 Å². The lowest BCUT2D eigenvalue weighted by Gasteiger charge is -2.32. The van der Waals surface area contributed by atoms with Crippen LogP contribution in [-0.2, 0) is 6.42 Å². The van der Waals surface area contributed by atoms with Crippen molar-refractivity contribution in [3.63, 3.8) is 0 Å². The Morgan fingerprint density at radius 3 is 2.95 bits per heavy atom. The average Bonchev–Trinajstić information content (AvgIpc) is 2.78. The van der Waals surface area contributed by atoms with Gasteiger partial charge in [-0.05, 0) is 78.3 Å². The third kappa shape index (κ3) is 3.35. The predicted molar refractivity (Wildman–Crippen MR) is 91.8 cm³/mol. The molecule has 0 spiro atoms. The number of halogens is 1. The van der Waals surface area contributed by atoms with E-state index < -0.39 is 0 Å². The van der Waals surface area contributed by atoms with Crippen LogP contribution in [0.2, 0.25) is 0 Å².